The van der Waals surface area contributed by atoms with E-state index in [-0.39, 0.29) is 11.8 Å². The largest absolute Gasteiger partial charge is 0.435 e. The number of primary amides is 2. The molecule has 2 aliphatic heterocycles. The van der Waals surface area contributed by atoms with Crippen molar-refractivity contribution in [3.8, 4) is 0 Å². The second-order valence-corrected chi connectivity index (χ2v) is 7.07. The van der Waals surface area contributed by atoms with Crippen molar-refractivity contribution in [2.75, 3.05) is 26.3 Å². The molecule has 8 nitrogen and oxygen atoms in total. The van der Waals surface area contributed by atoms with Crippen LogP contribution in [0.4, 0.5) is 0 Å². The van der Waals surface area contributed by atoms with E-state index in [1.165, 1.54) is 25.7 Å². The van der Waals surface area contributed by atoms with E-state index in [0.29, 0.717) is 26.3 Å². The normalized spacial score (nSPS) is 17.5. The van der Waals surface area contributed by atoms with Gasteiger partial charge in [-0.25, -0.2) is 0 Å². The Morgan fingerprint density at radius 3 is 1.85 bits per heavy atom. The lowest BCUT2D eigenvalue weighted by atomic mass is 10.00. The molecule has 0 aromatic heterocycles. The summed E-state index contributed by atoms with van der Waals surface area (Å²) >= 11 is 0. The van der Waals surface area contributed by atoms with Crippen LogP contribution in [0, 0.1) is 0 Å². The maximum absolute atomic E-state index is 11.8. The van der Waals surface area contributed by atoms with Gasteiger partial charge in [-0.3, -0.25) is 9.59 Å². The van der Waals surface area contributed by atoms with Crippen LogP contribution < -0.4 is 11.5 Å². The van der Waals surface area contributed by atoms with Crippen molar-refractivity contribution < 1.29 is 28.2 Å². The molecule has 0 radical (unpaired) electrons. The molecule has 146 valence electrons. The van der Waals surface area contributed by atoms with E-state index in [1.807, 2.05) is 16.1 Å². The van der Waals surface area contributed by atoms with E-state index in [9.17, 15) is 9.59 Å². The molecule has 4 N–H and O–H groups in total. The SMILES string of the molecule is CCCCCCCCC(C)([N+]1=C(C(N)=O)OCC1)[N+]1=C(C(N)=O)OCC1. The summed E-state index contributed by atoms with van der Waals surface area (Å²) in [5, 5.41) is 0. The van der Waals surface area contributed by atoms with Crippen molar-refractivity contribution in [3.63, 3.8) is 0 Å². The molecule has 2 heterocycles. The predicted octanol–water partition coefficient (Wildman–Crippen LogP) is 0.306. The van der Waals surface area contributed by atoms with Crippen LogP contribution in [0.5, 0.6) is 0 Å². The van der Waals surface area contributed by atoms with Gasteiger partial charge in [0.2, 0.25) is 0 Å². The van der Waals surface area contributed by atoms with Crippen LogP contribution in [-0.2, 0) is 19.1 Å². The summed E-state index contributed by atoms with van der Waals surface area (Å²) in [5.41, 5.74) is 10.3. The number of unbranched alkanes of at least 4 members (excludes halogenated alkanes) is 5. The fourth-order valence-electron chi connectivity index (χ4n) is 3.81. The first-order chi connectivity index (χ1) is 12.4. The van der Waals surface area contributed by atoms with E-state index < -0.39 is 17.5 Å². The molecule has 2 rings (SSSR count). The van der Waals surface area contributed by atoms with Gasteiger partial charge in [-0.05, 0) is 6.42 Å². The summed E-state index contributed by atoms with van der Waals surface area (Å²) in [7, 11) is 0. The fourth-order valence-corrected chi connectivity index (χ4v) is 3.81. The minimum atomic E-state index is -0.646. The summed E-state index contributed by atoms with van der Waals surface area (Å²) in [4.78, 5) is 23.6. The van der Waals surface area contributed by atoms with Crippen LogP contribution in [0.2, 0.25) is 0 Å². The van der Waals surface area contributed by atoms with Gasteiger partial charge in [0.25, 0.3) is 0 Å². The third-order valence-corrected chi connectivity index (χ3v) is 5.19. The Morgan fingerprint density at radius 1 is 0.923 bits per heavy atom. The minimum absolute atomic E-state index is 0.147. The number of carbonyl (C=O) groups excluding carboxylic acids is 2. The van der Waals surface area contributed by atoms with Crippen LogP contribution in [0.25, 0.3) is 0 Å². The molecular formula is C18H32N4O4+2. The highest BCUT2D eigenvalue weighted by molar-refractivity contribution is 6.33. The van der Waals surface area contributed by atoms with E-state index >= 15 is 0 Å². The molecule has 0 saturated heterocycles. The molecule has 0 unspecified atom stereocenters. The average Bonchev–Trinajstić information content (AvgIpc) is 3.27. The fraction of sp³-hybridized carbons (Fsp3) is 0.778. The van der Waals surface area contributed by atoms with Gasteiger partial charge in [0.1, 0.15) is 0 Å². The maximum Gasteiger partial charge on any atom is 0.435 e. The molecular weight excluding hydrogens is 336 g/mol. The van der Waals surface area contributed by atoms with Crippen LogP contribution in [0.3, 0.4) is 0 Å². The number of ether oxygens (including phenoxy) is 2. The van der Waals surface area contributed by atoms with Crippen LogP contribution in [0.15, 0.2) is 0 Å². The smallest absolute Gasteiger partial charge is 0.434 e. The Balaban J connectivity index is 2.27. The predicted molar refractivity (Wildman–Crippen MR) is 97.0 cm³/mol. The van der Waals surface area contributed by atoms with E-state index in [1.54, 1.807) is 0 Å². The molecule has 0 bridgehead atoms. The standard InChI is InChI=1S/C18H30N4O4/c1-3-4-5-6-7-8-9-18(2,21-10-12-25-16(21)14(19)23)22-11-13-26-17(22)15(20)24/h3-13H2,1-2H3,(H2-2,19,20,23,24)/p+2. The number of hydrogen-bond acceptors (Lipinski definition) is 4. The molecule has 0 atom stereocenters. The van der Waals surface area contributed by atoms with Gasteiger partial charge in [0.15, 0.2) is 26.3 Å². The van der Waals surface area contributed by atoms with Crippen LogP contribution in [0.1, 0.15) is 58.8 Å². The monoisotopic (exact) mass is 368 g/mol. The van der Waals surface area contributed by atoms with Gasteiger partial charge in [-0.2, -0.15) is 0 Å². The first-order valence-electron chi connectivity index (χ1n) is 9.56. The zero-order valence-electron chi connectivity index (χ0n) is 16.0. The molecule has 0 aromatic rings. The van der Waals surface area contributed by atoms with Crippen molar-refractivity contribution in [3.05, 3.63) is 0 Å². The minimum Gasteiger partial charge on any atom is -0.434 e. The van der Waals surface area contributed by atoms with E-state index in [0.717, 1.165) is 19.3 Å². The third-order valence-electron chi connectivity index (χ3n) is 5.19. The van der Waals surface area contributed by atoms with Crippen molar-refractivity contribution in [1.29, 1.82) is 0 Å². The lowest BCUT2D eigenvalue weighted by Crippen LogP contribution is -2.54. The van der Waals surface area contributed by atoms with E-state index in [2.05, 4.69) is 6.92 Å². The maximum atomic E-state index is 11.8. The Bertz CT molecular complexity index is 570. The van der Waals surface area contributed by atoms with Crippen molar-refractivity contribution in [2.45, 2.75) is 64.5 Å². The quantitative estimate of drug-likeness (QED) is 0.404. The molecule has 8 heteroatoms. The topological polar surface area (TPSA) is 111 Å². The lowest BCUT2D eigenvalue weighted by molar-refractivity contribution is -0.818. The average molecular weight is 368 g/mol. The van der Waals surface area contributed by atoms with Gasteiger partial charge in [0, 0.05) is 0 Å². The molecule has 0 fully saturated rings. The van der Waals surface area contributed by atoms with Gasteiger partial charge >= 0.3 is 29.3 Å². The Hall–Kier alpha value is -2.12. The zero-order chi connectivity index (χ0) is 19.2. The zero-order valence-corrected chi connectivity index (χ0v) is 16.0. The number of rotatable bonds is 11. The Labute approximate surface area is 154 Å². The highest BCUT2D eigenvalue weighted by Crippen LogP contribution is 2.25. The van der Waals surface area contributed by atoms with Gasteiger partial charge in [-0.1, -0.05) is 39.0 Å². The molecule has 0 spiro atoms. The summed E-state index contributed by atoms with van der Waals surface area (Å²) < 4.78 is 14.6. The summed E-state index contributed by atoms with van der Waals surface area (Å²) in [6.07, 6.45) is 7.67. The van der Waals surface area contributed by atoms with Gasteiger partial charge in [-0.15, -0.1) is 9.15 Å². The summed E-state index contributed by atoms with van der Waals surface area (Å²) in [6.45, 7) is 6.05. The molecule has 0 aliphatic carbocycles. The first kappa shape index (κ1) is 20.2. The van der Waals surface area contributed by atoms with Crippen LogP contribution >= 0.6 is 0 Å². The molecule has 2 aliphatic rings. The Kier molecular flexibility index (Phi) is 6.99. The summed E-state index contributed by atoms with van der Waals surface area (Å²) in [6, 6.07) is 0. The van der Waals surface area contributed by atoms with Crippen molar-refractivity contribution in [1.82, 2.24) is 0 Å². The highest BCUT2D eigenvalue weighted by atomic mass is 16.5. The second kappa shape index (κ2) is 9.00. The van der Waals surface area contributed by atoms with E-state index in [4.69, 9.17) is 20.9 Å². The van der Waals surface area contributed by atoms with Crippen molar-refractivity contribution >= 4 is 23.6 Å². The van der Waals surface area contributed by atoms with Crippen molar-refractivity contribution in [2.24, 2.45) is 11.5 Å². The molecule has 0 aromatic carbocycles. The van der Waals surface area contributed by atoms with Gasteiger partial charge in [0.05, 0.1) is 13.3 Å². The second-order valence-electron chi connectivity index (χ2n) is 7.07. The first-order valence-corrected chi connectivity index (χ1v) is 9.56. The lowest BCUT2D eigenvalue weighted by Gasteiger charge is -2.21. The molecule has 26 heavy (non-hydrogen) atoms. The number of amides is 2. The molecule has 0 saturated carbocycles. The van der Waals surface area contributed by atoms with Crippen LogP contribution in [-0.4, -0.2) is 64.7 Å². The molecule has 2 amide bonds. The number of hydrogen-bond donors (Lipinski definition) is 2. The Morgan fingerprint density at radius 2 is 1.38 bits per heavy atom. The number of nitrogens with two attached hydrogens (primary N) is 2. The van der Waals surface area contributed by atoms with Gasteiger partial charge < -0.3 is 20.9 Å². The number of nitrogens with zero attached hydrogens (tertiary/aromatic N) is 2. The third kappa shape index (κ3) is 4.34. The highest BCUT2D eigenvalue weighted by Gasteiger charge is 2.55. The number of carbonyl (C=O) groups is 2. The summed E-state index contributed by atoms with van der Waals surface area (Å²) in [5.74, 6) is -0.904.